The zero-order valence-electron chi connectivity index (χ0n) is 16.0. The van der Waals surface area contributed by atoms with Crippen molar-refractivity contribution in [2.75, 3.05) is 26.2 Å². The van der Waals surface area contributed by atoms with Crippen LogP contribution in [-0.2, 0) is 28.6 Å². The Morgan fingerprint density at radius 1 is 0.857 bits per heavy atom. The molecule has 28 heavy (non-hydrogen) atoms. The molecule has 1 heterocycles. The second-order valence-corrected chi connectivity index (χ2v) is 9.59. The normalized spacial score (nSPS) is 17.9. The molecule has 2 aromatic carbocycles. The Bertz CT molecular complexity index is 949. The molecule has 0 unspecified atom stereocenters. The first kappa shape index (κ1) is 19.2. The van der Waals surface area contributed by atoms with Gasteiger partial charge >= 0.3 is 0 Å². The predicted octanol–water partition coefficient (Wildman–Crippen LogP) is 2.85. The van der Waals surface area contributed by atoms with Gasteiger partial charge in [-0.1, -0.05) is 36.4 Å². The van der Waals surface area contributed by atoms with Crippen molar-refractivity contribution in [3.05, 3.63) is 70.8 Å². The monoisotopic (exact) mass is 398 g/mol. The molecule has 0 aromatic heterocycles. The van der Waals surface area contributed by atoms with Crippen molar-refractivity contribution in [3.8, 4) is 0 Å². The number of sulfonamides is 1. The third-order valence-corrected chi connectivity index (χ3v) is 7.56. The number of nitrogens with zero attached hydrogens (tertiary/aromatic N) is 2. The van der Waals surface area contributed by atoms with Crippen LogP contribution in [0.3, 0.4) is 0 Å². The zero-order valence-corrected chi connectivity index (χ0v) is 16.8. The van der Waals surface area contributed by atoms with Crippen LogP contribution in [0.4, 0.5) is 0 Å². The van der Waals surface area contributed by atoms with Gasteiger partial charge in [-0.3, -0.25) is 4.79 Å². The molecule has 0 atom stereocenters. The van der Waals surface area contributed by atoms with E-state index in [0.29, 0.717) is 26.2 Å². The number of piperazine rings is 1. The molecule has 4 rings (SSSR count). The van der Waals surface area contributed by atoms with Crippen LogP contribution in [0.5, 0.6) is 0 Å². The van der Waals surface area contributed by atoms with Crippen molar-refractivity contribution in [1.82, 2.24) is 9.21 Å². The average molecular weight is 399 g/mol. The molecule has 1 amide bonds. The smallest absolute Gasteiger partial charge is 0.253 e. The molecule has 0 bridgehead atoms. The van der Waals surface area contributed by atoms with Crippen LogP contribution < -0.4 is 0 Å². The van der Waals surface area contributed by atoms with E-state index in [4.69, 9.17) is 0 Å². The molecular formula is C22H26N2O3S. The van der Waals surface area contributed by atoms with E-state index in [-0.39, 0.29) is 11.7 Å². The van der Waals surface area contributed by atoms with Crippen molar-refractivity contribution >= 4 is 15.9 Å². The van der Waals surface area contributed by atoms with Crippen molar-refractivity contribution in [2.24, 2.45) is 0 Å². The number of amides is 1. The van der Waals surface area contributed by atoms with E-state index >= 15 is 0 Å². The summed E-state index contributed by atoms with van der Waals surface area (Å²) >= 11 is 0. The number of hydrogen-bond acceptors (Lipinski definition) is 3. The molecule has 6 heteroatoms. The van der Waals surface area contributed by atoms with E-state index in [1.54, 1.807) is 4.90 Å². The molecule has 1 aliphatic carbocycles. The molecule has 1 fully saturated rings. The molecule has 1 saturated heterocycles. The number of benzene rings is 2. The first-order valence-electron chi connectivity index (χ1n) is 9.96. The van der Waals surface area contributed by atoms with E-state index in [1.165, 1.54) is 28.3 Å². The minimum absolute atomic E-state index is 0.00656. The van der Waals surface area contributed by atoms with Crippen LogP contribution in [0.2, 0.25) is 0 Å². The number of fused-ring (bicyclic) bond motifs is 1. The Morgan fingerprint density at radius 3 is 2.25 bits per heavy atom. The molecule has 5 nitrogen and oxygen atoms in total. The summed E-state index contributed by atoms with van der Waals surface area (Å²) in [6.45, 7) is 1.57. The first-order valence-corrected chi connectivity index (χ1v) is 11.6. The highest BCUT2D eigenvalue weighted by atomic mass is 32.2. The van der Waals surface area contributed by atoms with Crippen LogP contribution >= 0.6 is 0 Å². The number of aryl methyl sites for hydroxylation is 2. The fourth-order valence-electron chi connectivity index (χ4n) is 4.09. The second-order valence-electron chi connectivity index (χ2n) is 7.62. The predicted molar refractivity (Wildman–Crippen MR) is 110 cm³/mol. The van der Waals surface area contributed by atoms with Gasteiger partial charge in [-0.25, -0.2) is 8.42 Å². The van der Waals surface area contributed by atoms with Crippen LogP contribution in [0.15, 0.2) is 48.5 Å². The SMILES string of the molecule is O=C(c1ccc2c(c1)CCCC2)N1CCN(S(=O)(=O)Cc2ccccc2)CC1. The third kappa shape index (κ3) is 4.13. The molecule has 2 aromatic rings. The van der Waals surface area contributed by atoms with Crippen LogP contribution in [-0.4, -0.2) is 49.7 Å². The molecule has 0 spiro atoms. The van der Waals surface area contributed by atoms with E-state index < -0.39 is 10.0 Å². The van der Waals surface area contributed by atoms with Crippen molar-refractivity contribution in [1.29, 1.82) is 0 Å². The number of carbonyl (C=O) groups is 1. The lowest BCUT2D eigenvalue weighted by Gasteiger charge is -2.34. The Hall–Kier alpha value is -2.18. The van der Waals surface area contributed by atoms with Crippen LogP contribution in [0.1, 0.15) is 39.9 Å². The van der Waals surface area contributed by atoms with E-state index in [0.717, 1.165) is 24.0 Å². The Morgan fingerprint density at radius 2 is 1.54 bits per heavy atom. The molecular weight excluding hydrogens is 372 g/mol. The number of hydrogen-bond donors (Lipinski definition) is 0. The molecule has 148 valence electrons. The first-order chi connectivity index (χ1) is 13.5. The lowest BCUT2D eigenvalue weighted by molar-refractivity contribution is 0.0697. The lowest BCUT2D eigenvalue weighted by Crippen LogP contribution is -2.50. The van der Waals surface area contributed by atoms with Crippen LogP contribution in [0.25, 0.3) is 0 Å². The molecule has 0 N–H and O–H groups in total. The molecule has 1 aliphatic heterocycles. The minimum atomic E-state index is -3.37. The quantitative estimate of drug-likeness (QED) is 0.796. The summed E-state index contributed by atoms with van der Waals surface area (Å²) in [7, 11) is -3.37. The van der Waals surface area contributed by atoms with Gasteiger partial charge in [-0.2, -0.15) is 4.31 Å². The Labute approximate surface area is 167 Å². The van der Waals surface area contributed by atoms with Gasteiger partial charge in [0, 0.05) is 31.7 Å². The summed E-state index contributed by atoms with van der Waals surface area (Å²) in [6.07, 6.45) is 4.55. The van der Waals surface area contributed by atoms with Crippen molar-refractivity contribution in [3.63, 3.8) is 0 Å². The van der Waals surface area contributed by atoms with Crippen LogP contribution in [0, 0.1) is 0 Å². The highest BCUT2D eigenvalue weighted by molar-refractivity contribution is 7.88. The fourth-order valence-corrected chi connectivity index (χ4v) is 5.61. The highest BCUT2D eigenvalue weighted by Crippen LogP contribution is 2.23. The maximum atomic E-state index is 12.9. The second kappa shape index (κ2) is 8.05. The fraction of sp³-hybridized carbons (Fsp3) is 0.409. The van der Waals surface area contributed by atoms with Gasteiger partial charge in [0.25, 0.3) is 5.91 Å². The van der Waals surface area contributed by atoms with Gasteiger partial charge in [-0.15, -0.1) is 0 Å². The summed E-state index contributed by atoms with van der Waals surface area (Å²) in [6, 6.07) is 15.3. The van der Waals surface area contributed by atoms with Gasteiger partial charge < -0.3 is 4.90 Å². The highest BCUT2D eigenvalue weighted by Gasteiger charge is 2.29. The summed E-state index contributed by atoms with van der Waals surface area (Å²) < 4.78 is 26.9. The van der Waals surface area contributed by atoms with Gasteiger partial charge in [0.05, 0.1) is 5.75 Å². The molecule has 0 radical (unpaired) electrons. The summed E-state index contributed by atoms with van der Waals surface area (Å²) in [5.41, 5.74) is 4.16. The number of rotatable bonds is 4. The maximum Gasteiger partial charge on any atom is 0.253 e. The van der Waals surface area contributed by atoms with Gasteiger partial charge in [-0.05, 0) is 54.5 Å². The Balaban J connectivity index is 1.39. The largest absolute Gasteiger partial charge is 0.336 e. The third-order valence-electron chi connectivity index (χ3n) is 5.71. The molecule has 0 saturated carbocycles. The summed E-state index contributed by atoms with van der Waals surface area (Å²) in [5, 5.41) is 0. The van der Waals surface area contributed by atoms with Gasteiger partial charge in [0.15, 0.2) is 0 Å². The minimum Gasteiger partial charge on any atom is -0.336 e. The van der Waals surface area contributed by atoms with Gasteiger partial charge in [0.2, 0.25) is 10.0 Å². The van der Waals surface area contributed by atoms with E-state index in [2.05, 4.69) is 6.07 Å². The summed E-state index contributed by atoms with van der Waals surface area (Å²) in [4.78, 5) is 14.7. The zero-order chi connectivity index (χ0) is 19.6. The topological polar surface area (TPSA) is 57.7 Å². The number of carbonyl (C=O) groups excluding carboxylic acids is 1. The summed E-state index contributed by atoms with van der Waals surface area (Å²) in [5.74, 6) is 0.0144. The maximum absolute atomic E-state index is 12.9. The molecule has 2 aliphatic rings. The Kier molecular flexibility index (Phi) is 5.51. The van der Waals surface area contributed by atoms with Crippen molar-refractivity contribution < 1.29 is 13.2 Å². The van der Waals surface area contributed by atoms with E-state index in [9.17, 15) is 13.2 Å². The van der Waals surface area contributed by atoms with E-state index in [1.807, 2.05) is 42.5 Å². The van der Waals surface area contributed by atoms with Crippen molar-refractivity contribution in [2.45, 2.75) is 31.4 Å². The average Bonchev–Trinajstić information content (AvgIpc) is 2.73. The van der Waals surface area contributed by atoms with Gasteiger partial charge in [0.1, 0.15) is 0 Å². The standard InChI is InChI=1S/C22H26N2O3S/c25-22(21-11-10-19-8-4-5-9-20(19)16-21)23-12-14-24(15-13-23)28(26,27)17-18-6-2-1-3-7-18/h1-3,6-7,10-11,16H,4-5,8-9,12-15,17H2. The lowest BCUT2D eigenvalue weighted by atomic mass is 9.90.